The average Bonchev–Trinajstić information content (AvgIpc) is 2.05. The molecule has 1 heterocycles. The number of hydrogen-bond donors (Lipinski definition) is 2. The number of aliphatic hydroxyl groups excluding tert-OH is 1. The van der Waals surface area contributed by atoms with Gasteiger partial charge in [-0.1, -0.05) is 6.92 Å². The predicted molar refractivity (Wildman–Crippen MR) is 41.9 cm³/mol. The zero-order valence-electron chi connectivity index (χ0n) is 6.36. The van der Waals surface area contributed by atoms with Gasteiger partial charge in [-0.15, -0.1) is 0 Å². The second kappa shape index (κ2) is 3.30. The van der Waals surface area contributed by atoms with E-state index in [0.717, 1.165) is 5.69 Å². The van der Waals surface area contributed by atoms with Crippen LogP contribution in [-0.2, 0) is 0 Å². The molecule has 0 aromatic carbocycles. The number of nitrogen functional groups attached to an aromatic ring is 1. The van der Waals surface area contributed by atoms with Gasteiger partial charge < -0.3 is 10.8 Å². The lowest BCUT2D eigenvalue weighted by Crippen LogP contribution is -2.03. The Morgan fingerprint density at radius 3 is 2.73 bits per heavy atom. The lowest BCUT2D eigenvalue weighted by atomic mass is 10.1. The SMILES string of the molecule is CC(CO)c1cnc(N)cn1. The predicted octanol–water partition coefficient (Wildman–Crippen LogP) is 0.155. The largest absolute Gasteiger partial charge is 0.396 e. The standard InChI is InChI=1S/C7H11N3O/c1-5(4-11)6-2-10-7(8)3-9-6/h2-3,5,11H,4H2,1H3,(H2,8,10). The molecule has 4 heteroatoms. The Balaban J connectivity index is 2.81. The van der Waals surface area contributed by atoms with Crippen LogP contribution in [0.25, 0.3) is 0 Å². The van der Waals surface area contributed by atoms with Crippen LogP contribution in [0.15, 0.2) is 12.4 Å². The monoisotopic (exact) mass is 153 g/mol. The van der Waals surface area contributed by atoms with Gasteiger partial charge in [0.25, 0.3) is 0 Å². The Kier molecular flexibility index (Phi) is 2.38. The maximum Gasteiger partial charge on any atom is 0.141 e. The molecule has 0 radical (unpaired) electrons. The third kappa shape index (κ3) is 1.88. The number of aliphatic hydroxyl groups is 1. The van der Waals surface area contributed by atoms with Gasteiger partial charge in [0.05, 0.1) is 24.7 Å². The van der Waals surface area contributed by atoms with E-state index in [-0.39, 0.29) is 12.5 Å². The molecular weight excluding hydrogens is 142 g/mol. The highest BCUT2D eigenvalue weighted by Gasteiger charge is 2.04. The minimum atomic E-state index is 0.0306. The molecule has 3 N–H and O–H groups in total. The van der Waals surface area contributed by atoms with Crippen molar-refractivity contribution in [2.24, 2.45) is 0 Å². The van der Waals surface area contributed by atoms with Crippen LogP contribution in [-0.4, -0.2) is 21.7 Å². The molecule has 0 bridgehead atoms. The third-order valence-corrected chi connectivity index (χ3v) is 1.47. The number of aromatic nitrogens is 2. The average molecular weight is 153 g/mol. The number of anilines is 1. The van der Waals surface area contributed by atoms with Gasteiger partial charge in [0.1, 0.15) is 5.82 Å². The van der Waals surface area contributed by atoms with E-state index in [9.17, 15) is 0 Å². The summed E-state index contributed by atoms with van der Waals surface area (Å²) in [6, 6.07) is 0. The highest BCUT2D eigenvalue weighted by molar-refractivity contribution is 5.23. The van der Waals surface area contributed by atoms with E-state index in [0.29, 0.717) is 5.82 Å². The van der Waals surface area contributed by atoms with E-state index < -0.39 is 0 Å². The fourth-order valence-corrected chi connectivity index (χ4v) is 0.696. The first-order chi connectivity index (χ1) is 5.24. The molecule has 1 atom stereocenters. The summed E-state index contributed by atoms with van der Waals surface area (Å²) in [6.07, 6.45) is 3.07. The summed E-state index contributed by atoms with van der Waals surface area (Å²) in [4.78, 5) is 7.85. The molecule has 1 aromatic rings. The van der Waals surface area contributed by atoms with Crippen LogP contribution in [0.2, 0.25) is 0 Å². The Labute approximate surface area is 65.1 Å². The van der Waals surface area contributed by atoms with Crippen molar-refractivity contribution in [3.05, 3.63) is 18.1 Å². The van der Waals surface area contributed by atoms with Gasteiger partial charge in [-0.25, -0.2) is 4.98 Å². The minimum Gasteiger partial charge on any atom is -0.396 e. The summed E-state index contributed by atoms with van der Waals surface area (Å²) in [5.41, 5.74) is 6.10. The van der Waals surface area contributed by atoms with E-state index in [2.05, 4.69) is 9.97 Å². The molecular formula is C7H11N3O. The highest BCUT2D eigenvalue weighted by Crippen LogP contribution is 2.09. The van der Waals surface area contributed by atoms with Crippen molar-refractivity contribution in [3.63, 3.8) is 0 Å². The van der Waals surface area contributed by atoms with Crippen LogP contribution in [0.5, 0.6) is 0 Å². The maximum absolute atomic E-state index is 8.76. The summed E-state index contributed by atoms with van der Waals surface area (Å²) in [7, 11) is 0. The fraction of sp³-hybridized carbons (Fsp3) is 0.429. The van der Waals surface area contributed by atoms with Crippen LogP contribution >= 0.6 is 0 Å². The number of hydrogen-bond acceptors (Lipinski definition) is 4. The number of rotatable bonds is 2. The van der Waals surface area contributed by atoms with Crippen molar-refractivity contribution < 1.29 is 5.11 Å². The fourth-order valence-electron chi connectivity index (χ4n) is 0.696. The zero-order valence-corrected chi connectivity index (χ0v) is 6.36. The molecule has 0 aliphatic rings. The molecule has 60 valence electrons. The van der Waals surface area contributed by atoms with Gasteiger partial charge in [0, 0.05) is 5.92 Å². The Bertz CT molecular complexity index is 222. The zero-order chi connectivity index (χ0) is 8.27. The molecule has 0 fully saturated rings. The van der Waals surface area contributed by atoms with Crippen molar-refractivity contribution in [3.8, 4) is 0 Å². The van der Waals surface area contributed by atoms with E-state index in [1.807, 2.05) is 6.92 Å². The smallest absolute Gasteiger partial charge is 0.141 e. The molecule has 11 heavy (non-hydrogen) atoms. The van der Waals surface area contributed by atoms with Gasteiger partial charge in [-0.3, -0.25) is 4.98 Å². The van der Waals surface area contributed by atoms with Gasteiger partial charge in [-0.2, -0.15) is 0 Å². The van der Waals surface area contributed by atoms with Crippen molar-refractivity contribution in [2.75, 3.05) is 12.3 Å². The number of nitrogens with two attached hydrogens (primary N) is 1. The topological polar surface area (TPSA) is 72.0 Å². The summed E-state index contributed by atoms with van der Waals surface area (Å²) in [6.45, 7) is 1.96. The minimum absolute atomic E-state index is 0.0306. The molecule has 4 nitrogen and oxygen atoms in total. The second-order valence-electron chi connectivity index (χ2n) is 2.45. The summed E-state index contributed by atoms with van der Waals surface area (Å²) in [5, 5.41) is 8.76. The van der Waals surface area contributed by atoms with Crippen molar-refractivity contribution in [1.29, 1.82) is 0 Å². The molecule has 0 saturated heterocycles. The van der Waals surface area contributed by atoms with Gasteiger partial charge in [0.2, 0.25) is 0 Å². The summed E-state index contributed by atoms with van der Waals surface area (Å²) >= 11 is 0. The van der Waals surface area contributed by atoms with Crippen LogP contribution in [0.3, 0.4) is 0 Å². The van der Waals surface area contributed by atoms with Crippen molar-refractivity contribution in [2.45, 2.75) is 12.8 Å². The first-order valence-electron chi connectivity index (χ1n) is 3.42. The highest BCUT2D eigenvalue weighted by atomic mass is 16.3. The quantitative estimate of drug-likeness (QED) is 0.634. The normalized spacial score (nSPS) is 12.9. The molecule has 0 aliphatic carbocycles. The summed E-state index contributed by atoms with van der Waals surface area (Å²) < 4.78 is 0. The maximum atomic E-state index is 8.76. The van der Waals surface area contributed by atoms with E-state index in [4.69, 9.17) is 10.8 Å². The molecule has 0 spiro atoms. The third-order valence-electron chi connectivity index (χ3n) is 1.47. The summed E-state index contributed by atoms with van der Waals surface area (Å²) in [5.74, 6) is 0.432. The molecule has 0 aliphatic heterocycles. The van der Waals surface area contributed by atoms with Crippen LogP contribution in [0.1, 0.15) is 18.5 Å². The Morgan fingerprint density at radius 2 is 2.27 bits per heavy atom. The first kappa shape index (κ1) is 7.94. The van der Waals surface area contributed by atoms with E-state index in [1.54, 1.807) is 6.20 Å². The van der Waals surface area contributed by atoms with E-state index in [1.165, 1.54) is 6.20 Å². The van der Waals surface area contributed by atoms with Crippen LogP contribution < -0.4 is 5.73 Å². The van der Waals surface area contributed by atoms with E-state index >= 15 is 0 Å². The van der Waals surface area contributed by atoms with Gasteiger partial charge in [0.15, 0.2) is 0 Å². The Hall–Kier alpha value is -1.16. The molecule has 1 aromatic heterocycles. The van der Waals surface area contributed by atoms with Gasteiger partial charge in [-0.05, 0) is 0 Å². The molecule has 1 unspecified atom stereocenters. The second-order valence-corrected chi connectivity index (χ2v) is 2.45. The first-order valence-corrected chi connectivity index (χ1v) is 3.42. The lowest BCUT2D eigenvalue weighted by molar-refractivity contribution is 0.271. The van der Waals surface area contributed by atoms with Gasteiger partial charge >= 0.3 is 0 Å². The Morgan fingerprint density at radius 1 is 1.55 bits per heavy atom. The van der Waals surface area contributed by atoms with Crippen molar-refractivity contribution >= 4 is 5.82 Å². The van der Waals surface area contributed by atoms with Crippen molar-refractivity contribution in [1.82, 2.24) is 9.97 Å². The van der Waals surface area contributed by atoms with Crippen LogP contribution in [0.4, 0.5) is 5.82 Å². The van der Waals surface area contributed by atoms with Crippen LogP contribution in [0, 0.1) is 0 Å². The molecule has 1 rings (SSSR count). The lowest BCUT2D eigenvalue weighted by Gasteiger charge is -2.05. The number of nitrogens with zero attached hydrogens (tertiary/aromatic N) is 2. The molecule has 0 saturated carbocycles. The molecule has 0 amide bonds.